The largest absolute Gasteiger partial charge is 0.379 e. The molecule has 1 aromatic carbocycles. The Balaban J connectivity index is 1.80. The van der Waals surface area contributed by atoms with E-state index in [4.69, 9.17) is 32.7 Å². The number of halogens is 2. The Labute approximate surface area is 148 Å². The minimum absolute atomic E-state index is 0.0951. The van der Waals surface area contributed by atoms with E-state index >= 15 is 0 Å². The zero-order chi connectivity index (χ0) is 16.2. The number of likely N-dealkylation sites (N-methyl/N-ethyl adjacent to an activating group) is 1. The zero-order valence-corrected chi connectivity index (χ0v) is 15.2. The molecule has 3 atom stereocenters. The number of rotatable bonds is 4. The summed E-state index contributed by atoms with van der Waals surface area (Å²) < 4.78 is 12.1. The molecule has 0 spiro atoms. The summed E-state index contributed by atoms with van der Waals surface area (Å²) in [7, 11) is 0. The van der Waals surface area contributed by atoms with E-state index in [1.807, 2.05) is 12.1 Å². The molecule has 0 amide bonds. The summed E-state index contributed by atoms with van der Waals surface area (Å²) in [6, 6.07) is 5.98. The molecule has 3 unspecified atom stereocenters. The highest BCUT2D eigenvalue weighted by molar-refractivity contribution is 6.42. The van der Waals surface area contributed by atoms with Gasteiger partial charge < -0.3 is 9.47 Å². The van der Waals surface area contributed by atoms with Gasteiger partial charge in [0, 0.05) is 19.1 Å². The highest BCUT2D eigenvalue weighted by atomic mass is 35.5. The predicted molar refractivity (Wildman–Crippen MR) is 94.4 cm³/mol. The maximum Gasteiger partial charge on any atom is 0.118 e. The summed E-state index contributed by atoms with van der Waals surface area (Å²) in [5, 5.41) is 1.23. The number of benzene rings is 1. The van der Waals surface area contributed by atoms with Gasteiger partial charge >= 0.3 is 0 Å². The van der Waals surface area contributed by atoms with E-state index in [0.29, 0.717) is 22.6 Å². The lowest BCUT2D eigenvalue weighted by Gasteiger charge is -2.43. The molecule has 3 rings (SSSR count). The highest BCUT2D eigenvalue weighted by Crippen LogP contribution is 2.37. The molecule has 0 radical (unpaired) electrons. The van der Waals surface area contributed by atoms with E-state index in [0.717, 1.165) is 39.0 Å². The van der Waals surface area contributed by atoms with Crippen LogP contribution < -0.4 is 0 Å². The highest BCUT2D eigenvalue weighted by Gasteiger charge is 2.35. The second kappa shape index (κ2) is 8.17. The van der Waals surface area contributed by atoms with Crippen LogP contribution in [0.4, 0.5) is 0 Å². The average Bonchev–Trinajstić information content (AvgIpc) is 2.58. The first-order valence-corrected chi connectivity index (χ1v) is 9.37. The molecule has 2 fully saturated rings. The van der Waals surface area contributed by atoms with E-state index in [9.17, 15) is 0 Å². The first-order valence-electron chi connectivity index (χ1n) is 8.61. The normalized spacial score (nSPS) is 29.6. The number of hydrogen-bond acceptors (Lipinski definition) is 3. The van der Waals surface area contributed by atoms with Crippen LogP contribution in [-0.4, -0.2) is 43.5 Å². The minimum Gasteiger partial charge on any atom is -0.379 e. The summed E-state index contributed by atoms with van der Waals surface area (Å²) in [4.78, 5) is 2.44. The van der Waals surface area contributed by atoms with E-state index in [1.165, 1.54) is 12.0 Å². The molecule has 2 aliphatic rings. The first-order chi connectivity index (χ1) is 11.2. The maximum atomic E-state index is 6.50. The van der Waals surface area contributed by atoms with Crippen molar-refractivity contribution >= 4 is 23.2 Å². The van der Waals surface area contributed by atoms with E-state index in [2.05, 4.69) is 17.9 Å². The van der Waals surface area contributed by atoms with Crippen molar-refractivity contribution in [2.24, 2.45) is 0 Å². The molecule has 3 nitrogen and oxygen atoms in total. The van der Waals surface area contributed by atoms with Crippen LogP contribution in [0.25, 0.3) is 0 Å². The van der Waals surface area contributed by atoms with Gasteiger partial charge in [0.05, 0.1) is 22.8 Å². The van der Waals surface area contributed by atoms with Gasteiger partial charge in [-0.3, -0.25) is 4.90 Å². The maximum absolute atomic E-state index is 6.50. The molecule has 2 aliphatic heterocycles. The van der Waals surface area contributed by atoms with Crippen molar-refractivity contribution < 1.29 is 9.47 Å². The third-order valence-corrected chi connectivity index (χ3v) is 5.63. The quantitative estimate of drug-likeness (QED) is 0.778. The van der Waals surface area contributed by atoms with Crippen LogP contribution in [0.3, 0.4) is 0 Å². The monoisotopic (exact) mass is 357 g/mol. The summed E-state index contributed by atoms with van der Waals surface area (Å²) in [5.74, 6) is 0.334. The Morgan fingerprint density at radius 3 is 2.78 bits per heavy atom. The van der Waals surface area contributed by atoms with Crippen molar-refractivity contribution in [3.63, 3.8) is 0 Å². The van der Waals surface area contributed by atoms with Gasteiger partial charge in [0.1, 0.15) is 6.23 Å². The number of nitrogens with zero attached hydrogens (tertiary/aromatic N) is 1. The summed E-state index contributed by atoms with van der Waals surface area (Å²) in [6.45, 7) is 5.86. The van der Waals surface area contributed by atoms with Crippen molar-refractivity contribution in [1.82, 2.24) is 4.90 Å². The molecule has 128 valence electrons. The van der Waals surface area contributed by atoms with Crippen LogP contribution in [0.15, 0.2) is 18.2 Å². The number of hydrogen-bond donors (Lipinski definition) is 0. The van der Waals surface area contributed by atoms with E-state index < -0.39 is 0 Å². The van der Waals surface area contributed by atoms with Crippen molar-refractivity contribution in [2.45, 2.75) is 50.9 Å². The van der Waals surface area contributed by atoms with Crippen LogP contribution in [0, 0.1) is 0 Å². The number of likely N-dealkylation sites (tertiary alicyclic amines) is 1. The lowest BCUT2D eigenvalue weighted by Crippen LogP contribution is -2.48. The van der Waals surface area contributed by atoms with Gasteiger partial charge in [-0.15, -0.1) is 0 Å². The molecule has 2 heterocycles. The molecule has 0 saturated carbocycles. The van der Waals surface area contributed by atoms with Crippen LogP contribution in [0.2, 0.25) is 10.0 Å². The Kier molecular flexibility index (Phi) is 6.22. The molecule has 0 bridgehead atoms. The van der Waals surface area contributed by atoms with Gasteiger partial charge in [0.15, 0.2) is 0 Å². The molecular formula is C18H25Cl2NO2. The Bertz CT molecular complexity index is 520. The van der Waals surface area contributed by atoms with Crippen molar-refractivity contribution in [3.8, 4) is 0 Å². The van der Waals surface area contributed by atoms with Crippen LogP contribution in [0.1, 0.15) is 44.1 Å². The summed E-state index contributed by atoms with van der Waals surface area (Å²) in [5.41, 5.74) is 1.22. The van der Waals surface area contributed by atoms with Gasteiger partial charge in [-0.2, -0.15) is 0 Å². The van der Waals surface area contributed by atoms with Gasteiger partial charge in [0.2, 0.25) is 0 Å². The molecular weight excluding hydrogens is 333 g/mol. The third-order valence-electron chi connectivity index (χ3n) is 4.89. The van der Waals surface area contributed by atoms with Crippen molar-refractivity contribution in [3.05, 3.63) is 33.8 Å². The Morgan fingerprint density at radius 2 is 2.09 bits per heavy atom. The van der Waals surface area contributed by atoms with E-state index in [1.54, 1.807) is 0 Å². The van der Waals surface area contributed by atoms with Crippen LogP contribution in [0.5, 0.6) is 0 Å². The summed E-state index contributed by atoms with van der Waals surface area (Å²) >= 11 is 12.3. The molecule has 0 N–H and O–H groups in total. The molecule has 1 aromatic rings. The minimum atomic E-state index is 0.0951. The fourth-order valence-electron chi connectivity index (χ4n) is 3.65. The Morgan fingerprint density at radius 1 is 1.22 bits per heavy atom. The fraction of sp³-hybridized carbons (Fsp3) is 0.667. The Hall–Kier alpha value is -0.320. The SMILES string of the molecule is CCN1CCCC(c2ccc(Cl)c(Cl)c2)C1OC1CCCOC1. The number of ether oxygens (including phenoxy) is 2. The molecule has 0 aromatic heterocycles. The van der Waals surface area contributed by atoms with Gasteiger partial charge in [-0.25, -0.2) is 0 Å². The van der Waals surface area contributed by atoms with Crippen LogP contribution in [-0.2, 0) is 9.47 Å². The third kappa shape index (κ3) is 4.21. The second-order valence-electron chi connectivity index (χ2n) is 6.42. The lowest BCUT2D eigenvalue weighted by molar-refractivity contribution is -0.156. The first kappa shape index (κ1) is 17.5. The number of piperidine rings is 1. The summed E-state index contributed by atoms with van der Waals surface area (Å²) in [6.07, 6.45) is 4.76. The van der Waals surface area contributed by atoms with Crippen LogP contribution >= 0.6 is 23.2 Å². The molecule has 2 saturated heterocycles. The standard InChI is InChI=1S/C18H25Cl2NO2/c1-2-21-9-3-6-15(13-7-8-16(19)17(20)11-13)18(21)23-14-5-4-10-22-12-14/h7-8,11,14-15,18H,2-6,9-10,12H2,1H3. The molecule has 0 aliphatic carbocycles. The van der Waals surface area contributed by atoms with Gasteiger partial charge in [-0.05, 0) is 49.9 Å². The van der Waals surface area contributed by atoms with Crippen molar-refractivity contribution in [2.75, 3.05) is 26.3 Å². The van der Waals surface area contributed by atoms with E-state index in [-0.39, 0.29) is 12.3 Å². The van der Waals surface area contributed by atoms with Crippen molar-refractivity contribution in [1.29, 1.82) is 0 Å². The van der Waals surface area contributed by atoms with Gasteiger partial charge in [0.25, 0.3) is 0 Å². The molecule has 23 heavy (non-hydrogen) atoms. The molecule has 5 heteroatoms. The average molecular weight is 358 g/mol. The lowest BCUT2D eigenvalue weighted by atomic mass is 9.88. The van der Waals surface area contributed by atoms with Gasteiger partial charge in [-0.1, -0.05) is 36.2 Å². The predicted octanol–water partition coefficient (Wildman–Crippen LogP) is 4.71. The zero-order valence-electron chi connectivity index (χ0n) is 13.6. The second-order valence-corrected chi connectivity index (χ2v) is 7.23. The fourth-order valence-corrected chi connectivity index (χ4v) is 3.95. The smallest absolute Gasteiger partial charge is 0.118 e. The topological polar surface area (TPSA) is 21.7 Å².